The fourth-order valence-electron chi connectivity index (χ4n) is 2.41. The summed E-state index contributed by atoms with van der Waals surface area (Å²) in [6.07, 6.45) is 3.87. The second-order valence-corrected chi connectivity index (χ2v) is 7.11. The molecule has 1 amide bonds. The van der Waals surface area contributed by atoms with Crippen LogP contribution in [0.25, 0.3) is 10.9 Å². The lowest BCUT2D eigenvalue weighted by molar-refractivity contribution is -0.115. The van der Waals surface area contributed by atoms with E-state index in [1.807, 2.05) is 41.9 Å². The van der Waals surface area contributed by atoms with E-state index in [0.717, 1.165) is 23.7 Å². The predicted octanol–water partition coefficient (Wildman–Crippen LogP) is 2.68. The summed E-state index contributed by atoms with van der Waals surface area (Å²) in [5.41, 5.74) is 1.59. The van der Waals surface area contributed by atoms with E-state index in [0.29, 0.717) is 16.9 Å². The van der Waals surface area contributed by atoms with Crippen LogP contribution in [0, 0.1) is 0 Å². The molecule has 1 saturated carbocycles. The molecule has 2 heterocycles. The van der Waals surface area contributed by atoms with Crippen molar-refractivity contribution in [1.82, 2.24) is 25.2 Å². The highest BCUT2D eigenvalue weighted by Crippen LogP contribution is 2.37. The van der Waals surface area contributed by atoms with Gasteiger partial charge in [-0.05, 0) is 42.3 Å². The number of nitrogens with one attached hydrogen (secondary N) is 1. The van der Waals surface area contributed by atoms with E-state index in [1.54, 1.807) is 6.20 Å². The molecule has 1 unspecified atom stereocenters. The van der Waals surface area contributed by atoms with E-state index in [9.17, 15) is 4.79 Å². The molecular formula is C16H16N6OS. The van der Waals surface area contributed by atoms with Gasteiger partial charge in [0.25, 0.3) is 0 Å². The maximum Gasteiger partial charge on any atom is 0.237 e. The molecule has 1 fully saturated rings. The fourth-order valence-corrected chi connectivity index (χ4v) is 3.27. The minimum Gasteiger partial charge on any atom is -0.324 e. The van der Waals surface area contributed by atoms with Crippen LogP contribution in [0.4, 0.5) is 5.69 Å². The van der Waals surface area contributed by atoms with E-state index < -0.39 is 0 Å². The molecule has 0 saturated heterocycles. The molecule has 2 aromatic heterocycles. The van der Waals surface area contributed by atoms with Gasteiger partial charge in [0, 0.05) is 5.39 Å². The lowest BCUT2D eigenvalue weighted by Gasteiger charge is -2.11. The van der Waals surface area contributed by atoms with E-state index in [2.05, 4.69) is 25.8 Å². The first-order valence-corrected chi connectivity index (χ1v) is 8.69. The van der Waals surface area contributed by atoms with Gasteiger partial charge in [-0.3, -0.25) is 9.78 Å². The molecule has 7 nitrogen and oxygen atoms in total. The summed E-state index contributed by atoms with van der Waals surface area (Å²) in [5.74, 6) is -0.0950. The number of aromatic nitrogens is 5. The van der Waals surface area contributed by atoms with Gasteiger partial charge in [0.05, 0.1) is 28.7 Å². The minimum atomic E-state index is -0.306. The first kappa shape index (κ1) is 15.1. The Hall–Kier alpha value is -2.48. The summed E-state index contributed by atoms with van der Waals surface area (Å²) in [5, 5.41) is 16.0. The van der Waals surface area contributed by atoms with Crippen LogP contribution in [0.2, 0.25) is 0 Å². The first-order valence-electron chi connectivity index (χ1n) is 7.81. The Bertz CT molecular complexity index is 891. The molecule has 0 aliphatic heterocycles. The number of rotatable bonds is 5. The molecule has 1 atom stereocenters. The number of anilines is 1. The maximum absolute atomic E-state index is 12.4. The monoisotopic (exact) mass is 340 g/mol. The Labute approximate surface area is 142 Å². The van der Waals surface area contributed by atoms with Crippen LogP contribution in [0.15, 0.2) is 41.7 Å². The number of hydrogen-bond donors (Lipinski definition) is 1. The van der Waals surface area contributed by atoms with E-state index in [4.69, 9.17) is 0 Å². The second kappa shape index (κ2) is 6.20. The van der Waals surface area contributed by atoms with E-state index in [-0.39, 0.29) is 11.2 Å². The topological polar surface area (TPSA) is 85.6 Å². The van der Waals surface area contributed by atoms with Crippen LogP contribution in [0.1, 0.15) is 25.8 Å². The zero-order chi connectivity index (χ0) is 16.5. The fraction of sp³-hybridized carbons (Fsp3) is 0.312. The van der Waals surface area contributed by atoms with Gasteiger partial charge in [-0.25, -0.2) is 4.68 Å². The van der Waals surface area contributed by atoms with Crippen molar-refractivity contribution < 1.29 is 4.79 Å². The number of tetrazole rings is 1. The molecule has 0 radical (unpaired) electrons. The molecule has 24 heavy (non-hydrogen) atoms. The molecule has 4 rings (SSSR count). The maximum atomic E-state index is 12.4. The van der Waals surface area contributed by atoms with Gasteiger partial charge in [-0.1, -0.05) is 30.0 Å². The van der Waals surface area contributed by atoms with Crippen LogP contribution >= 0.6 is 11.8 Å². The molecule has 122 valence electrons. The lowest BCUT2D eigenvalue weighted by atomic mass is 10.2. The molecule has 1 aliphatic rings. The number of benzene rings is 1. The highest BCUT2D eigenvalue weighted by Gasteiger charge is 2.29. The standard InChI is InChI=1S/C16H16N6OS/c1-10(24-16-19-20-21-22(16)13-6-7-13)15(23)18-12-8-11-4-2-3-5-14(11)17-9-12/h2-5,8-10,13H,6-7H2,1H3,(H,18,23). The quantitative estimate of drug-likeness (QED) is 0.719. The highest BCUT2D eigenvalue weighted by atomic mass is 32.2. The molecule has 1 aliphatic carbocycles. The minimum absolute atomic E-state index is 0.0950. The largest absolute Gasteiger partial charge is 0.324 e. The third kappa shape index (κ3) is 3.09. The van der Waals surface area contributed by atoms with Gasteiger partial charge in [0.15, 0.2) is 0 Å². The van der Waals surface area contributed by atoms with E-state index >= 15 is 0 Å². The van der Waals surface area contributed by atoms with Gasteiger partial charge < -0.3 is 5.32 Å². The number of pyridine rings is 1. The van der Waals surface area contributed by atoms with Crippen molar-refractivity contribution in [2.45, 2.75) is 36.2 Å². The van der Waals surface area contributed by atoms with Crippen LogP contribution < -0.4 is 5.32 Å². The summed E-state index contributed by atoms with van der Waals surface area (Å²) < 4.78 is 1.81. The third-order valence-electron chi connectivity index (χ3n) is 3.86. The summed E-state index contributed by atoms with van der Waals surface area (Å²) in [6.45, 7) is 1.85. The molecule has 0 spiro atoms. The lowest BCUT2D eigenvalue weighted by Crippen LogP contribution is -2.23. The number of para-hydroxylation sites is 1. The van der Waals surface area contributed by atoms with Crippen molar-refractivity contribution in [1.29, 1.82) is 0 Å². The summed E-state index contributed by atoms with van der Waals surface area (Å²) in [7, 11) is 0. The van der Waals surface area contributed by atoms with Crippen LogP contribution in [0.5, 0.6) is 0 Å². The third-order valence-corrected chi connectivity index (χ3v) is 4.91. The van der Waals surface area contributed by atoms with Gasteiger partial charge >= 0.3 is 0 Å². The van der Waals surface area contributed by atoms with Crippen molar-refractivity contribution in [2.24, 2.45) is 0 Å². The smallest absolute Gasteiger partial charge is 0.237 e. The van der Waals surface area contributed by atoms with Crippen LogP contribution in [0.3, 0.4) is 0 Å². The van der Waals surface area contributed by atoms with E-state index in [1.165, 1.54) is 11.8 Å². The zero-order valence-electron chi connectivity index (χ0n) is 13.1. The van der Waals surface area contributed by atoms with Crippen molar-refractivity contribution in [3.8, 4) is 0 Å². The number of fused-ring (bicyclic) bond motifs is 1. The highest BCUT2D eigenvalue weighted by molar-refractivity contribution is 8.00. The molecule has 3 aromatic rings. The SMILES string of the molecule is CC(Sc1nnnn1C1CC1)C(=O)Nc1cnc2ccccc2c1. The number of hydrogen-bond acceptors (Lipinski definition) is 6. The van der Waals surface area contributed by atoms with Crippen molar-refractivity contribution in [3.05, 3.63) is 36.5 Å². The number of amides is 1. The second-order valence-electron chi connectivity index (χ2n) is 5.80. The zero-order valence-corrected chi connectivity index (χ0v) is 13.9. The van der Waals surface area contributed by atoms with Gasteiger partial charge in [-0.2, -0.15) is 0 Å². The Morgan fingerprint density at radius 1 is 1.38 bits per heavy atom. The summed E-state index contributed by atoms with van der Waals surface area (Å²) in [4.78, 5) is 16.8. The molecule has 1 N–H and O–H groups in total. The number of carbonyl (C=O) groups is 1. The van der Waals surface area contributed by atoms with Crippen LogP contribution in [-0.4, -0.2) is 36.3 Å². The van der Waals surface area contributed by atoms with Crippen molar-refractivity contribution >= 4 is 34.3 Å². The number of nitrogens with zero attached hydrogens (tertiary/aromatic N) is 5. The number of thioether (sulfide) groups is 1. The molecular weight excluding hydrogens is 324 g/mol. The Morgan fingerprint density at radius 2 is 2.21 bits per heavy atom. The van der Waals surface area contributed by atoms with Gasteiger partial charge in [0.2, 0.25) is 11.1 Å². The number of carbonyl (C=O) groups excluding carboxylic acids is 1. The Morgan fingerprint density at radius 3 is 3.04 bits per heavy atom. The Kier molecular flexibility index (Phi) is 3.89. The van der Waals surface area contributed by atoms with Gasteiger partial charge in [-0.15, -0.1) is 5.10 Å². The van der Waals surface area contributed by atoms with Gasteiger partial charge in [0.1, 0.15) is 0 Å². The van der Waals surface area contributed by atoms with Crippen LogP contribution in [-0.2, 0) is 4.79 Å². The predicted molar refractivity (Wildman–Crippen MR) is 91.8 cm³/mol. The Balaban J connectivity index is 1.45. The van der Waals surface area contributed by atoms with Crippen molar-refractivity contribution in [3.63, 3.8) is 0 Å². The normalized spacial score (nSPS) is 15.4. The molecule has 1 aromatic carbocycles. The molecule has 0 bridgehead atoms. The average Bonchev–Trinajstić information content (AvgIpc) is 3.34. The summed E-state index contributed by atoms with van der Waals surface area (Å²) in [6, 6.07) is 10.1. The van der Waals surface area contributed by atoms with Crippen molar-refractivity contribution in [2.75, 3.05) is 5.32 Å². The first-order chi connectivity index (χ1) is 11.7. The average molecular weight is 340 g/mol. The molecule has 8 heteroatoms. The summed E-state index contributed by atoms with van der Waals surface area (Å²) >= 11 is 1.37.